The van der Waals surface area contributed by atoms with E-state index in [4.69, 9.17) is 20.9 Å². The molecule has 0 unspecified atom stereocenters. The van der Waals surface area contributed by atoms with Gasteiger partial charge in [0.25, 0.3) is 5.56 Å². The van der Waals surface area contributed by atoms with E-state index in [0.29, 0.717) is 5.65 Å². The average molecular weight is 379 g/mol. The van der Waals surface area contributed by atoms with Crippen LogP contribution in [0.3, 0.4) is 0 Å². The maximum absolute atomic E-state index is 11.6. The predicted octanol–water partition coefficient (Wildman–Crippen LogP) is -1.20. The number of nitrogen functional groups attached to an aromatic ring is 1. The molecule has 0 radical (unpaired) electrons. The third-order valence-electron chi connectivity index (χ3n) is 3.19. The van der Waals surface area contributed by atoms with Crippen molar-refractivity contribution >= 4 is 35.5 Å². The highest BCUT2D eigenvalue weighted by atomic mass is 35.5. The predicted molar refractivity (Wildman–Crippen MR) is 93.1 cm³/mol. The number of aromatic nitrogens is 4. The maximum Gasteiger partial charge on any atom is 0.323 e. The lowest BCUT2D eigenvalue weighted by molar-refractivity contribution is -0.148. The smallest absolute Gasteiger partial charge is 0.323 e. The monoisotopic (exact) mass is 378 g/mol. The highest BCUT2D eigenvalue weighted by Crippen LogP contribution is 2.06. The van der Waals surface area contributed by atoms with Gasteiger partial charge in [0.05, 0.1) is 12.9 Å². The third-order valence-corrected chi connectivity index (χ3v) is 3.19. The van der Waals surface area contributed by atoms with Crippen LogP contribution in [0.25, 0.3) is 11.2 Å². The summed E-state index contributed by atoms with van der Waals surface area (Å²) in [7, 11) is 0. The van der Waals surface area contributed by atoms with Crippen LogP contribution in [-0.4, -0.2) is 50.2 Å². The molecule has 1 atom stereocenters. The van der Waals surface area contributed by atoms with Gasteiger partial charge in [-0.15, -0.1) is 12.4 Å². The highest BCUT2D eigenvalue weighted by molar-refractivity contribution is 5.85. The van der Waals surface area contributed by atoms with Crippen molar-refractivity contribution in [3.8, 4) is 0 Å². The van der Waals surface area contributed by atoms with E-state index in [-0.39, 0.29) is 55.2 Å². The molecule has 25 heavy (non-hydrogen) atoms. The van der Waals surface area contributed by atoms with Crippen LogP contribution in [0.5, 0.6) is 0 Å². The summed E-state index contributed by atoms with van der Waals surface area (Å²) >= 11 is 0. The van der Waals surface area contributed by atoms with E-state index in [1.165, 1.54) is 10.9 Å². The first-order valence-electron chi connectivity index (χ1n) is 7.10. The number of hydrogen-bond acceptors (Lipinski definition) is 8. The number of halogens is 1. The molecule has 11 nitrogen and oxygen atoms in total. The Balaban J connectivity index is 0.00000288. The van der Waals surface area contributed by atoms with Gasteiger partial charge in [0.1, 0.15) is 19.4 Å². The van der Waals surface area contributed by atoms with E-state index in [0.717, 1.165) is 0 Å². The topological polar surface area (TPSA) is 183 Å². The Morgan fingerprint density at radius 3 is 2.72 bits per heavy atom. The number of esters is 1. The van der Waals surface area contributed by atoms with E-state index in [2.05, 4.69) is 15.0 Å². The molecule has 7 N–H and O–H groups in total. The summed E-state index contributed by atoms with van der Waals surface area (Å²) in [6.07, 6.45) is 1.42. The van der Waals surface area contributed by atoms with E-state index in [1.807, 2.05) is 13.8 Å². The molecule has 2 aromatic heterocycles. The average Bonchev–Trinajstić information content (AvgIpc) is 2.89. The fourth-order valence-corrected chi connectivity index (χ4v) is 1.80. The molecule has 0 aliphatic rings. The molecular weight excluding hydrogens is 356 g/mol. The van der Waals surface area contributed by atoms with Gasteiger partial charge in [0.15, 0.2) is 11.2 Å². The summed E-state index contributed by atoms with van der Waals surface area (Å²) in [5.74, 6) is -0.450. The Kier molecular flexibility index (Phi) is 9.06. The first-order valence-corrected chi connectivity index (χ1v) is 7.10. The summed E-state index contributed by atoms with van der Waals surface area (Å²) in [6.45, 7) is 4.04. The van der Waals surface area contributed by atoms with Crippen molar-refractivity contribution in [1.82, 2.24) is 19.5 Å². The molecule has 0 aromatic carbocycles. The van der Waals surface area contributed by atoms with Crippen LogP contribution in [0.1, 0.15) is 13.8 Å². The van der Waals surface area contributed by atoms with Gasteiger partial charge in [-0.25, -0.2) is 4.98 Å². The normalized spacial score (nSPS) is 11.7. The van der Waals surface area contributed by atoms with Crippen molar-refractivity contribution < 1.29 is 19.7 Å². The van der Waals surface area contributed by atoms with Crippen molar-refractivity contribution in [3.63, 3.8) is 0 Å². The Morgan fingerprint density at radius 2 is 2.08 bits per heavy atom. The van der Waals surface area contributed by atoms with Crippen molar-refractivity contribution in [1.29, 1.82) is 0 Å². The molecule has 2 rings (SSSR count). The van der Waals surface area contributed by atoms with Gasteiger partial charge < -0.3 is 26.4 Å². The third kappa shape index (κ3) is 5.67. The number of imidazole rings is 1. The molecule has 12 heteroatoms. The molecule has 2 aromatic rings. The fraction of sp³-hybridized carbons (Fsp3) is 0.538. The van der Waals surface area contributed by atoms with E-state index >= 15 is 0 Å². The largest absolute Gasteiger partial charge is 0.462 e. The minimum atomic E-state index is -0.647. The zero-order valence-corrected chi connectivity index (χ0v) is 14.7. The number of hydrogen-bond donors (Lipinski definition) is 3. The van der Waals surface area contributed by atoms with Crippen LogP contribution in [0, 0.1) is 5.92 Å². The Bertz CT molecular complexity index is 746. The first-order chi connectivity index (χ1) is 10.9. The molecule has 0 aliphatic carbocycles. The number of ether oxygens (including phenoxy) is 2. The Morgan fingerprint density at radius 1 is 1.40 bits per heavy atom. The number of H-pyrrole nitrogens is 1. The molecule has 0 aliphatic heterocycles. The molecule has 142 valence electrons. The van der Waals surface area contributed by atoms with Crippen LogP contribution in [0.15, 0.2) is 11.1 Å². The summed E-state index contributed by atoms with van der Waals surface area (Å²) in [6, 6.07) is -0.647. The second kappa shape index (κ2) is 9.93. The quantitative estimate of drug-likeness (QED) is 0.396. The maximum atomic E-state index is 11.6. The Labute approximate surface area is 149 Å². The van der Waals surface area contributed by atoms with Crippen LogP contribution in [-0.2, 0) is 21.0 Å². The number of nitrogens with zero attached hydrogens (tertiary/aromatic N) is 3. The van der Waals surface area contributed by atoms with E-state index in [9.17, 15) is 9.59 Å². The van der Waals surface area contributed by atoms with Gasteiger partial charge in [-0.2, -0.15) is 4.98 Å². The minimum Gasteiger partial charge on any atom is -0.462 e. The summed E-state index contributed by atoms with van der Waals surface area (Å²) in [4.78, 5) is 33.5. The number of aromatic amines is 1. The van der Waals surface area contributed by atoms with Crippen molar-refractivity contribution in [2.24, 2.45) is 11.7 Å². The molecule has 0 saturated carbocycles. The van der Waals surface area contributed by atoms with E-state index in [1.54, 1.807) is 0 Å². The van der Waals surface area contributed by atoms with Crippen LogP contribution >= 0.6 is 12.4 Å². The molecule has 0 saturated heterocycles. The van der Waals surface area contributed by atoms with Gasteiger partial charge in [0, 0.05) is 0 Å². The van der Waals surface area contributed by atoms with Gasteiger partial charge in [-0.05, 0) is 5.92 Å². The van der Waals surface area contributed by atoms with Gasteiger partial charge in [0.2, 0.25) is 5.95 Å². The van der Waals surface area contributed by atoms with Crippen LogP contribution in [0.2, 0.25) is 0 Å². The zero-order chi connectivity index (χ0) is 17.0. The SMILES string of the molecule is CC(C)[C@@H](N)C(=O)OCCOCn1cnc2c(=O)[nH]c(N)nc21.Cl.O. The Hall–Kier alpha value is -2.21. The first kappa shape index (κ1) is 22.8. The number of anilines is 1. The highest BCUT2D eigenvalue weighted by Gasteiger charge is 2.18. The lowest BCUT2D eigenvalue weighted by atomic mass is 10.1. The molecule has 0 fully saturated rings. The lowest BCUT2D eigenvalue weighted by Crippen LogP contribution is -2.37. The standard InChI is InChI=1S/C13H20N6O4.ClH.H2O/c1-7(2)8(14)12(21)23-4-3-22-6-19-5-16-9-10(19)17-13(15)18-11(9)20;;/h5,7-8H,3-4,6,14H2,1-2H3,(H3,15,17,18,20);1H;1H2/t8-;;/m1../s1. The lowest BCUT2D eigenvalue weighted by Gasteiger charge is -2.14. The fourth-order valence-electron chi connectivity index (χ4n) is 1.80. The number of carbonyl (C=O) groups is 1. The van der Waals surface area contributed by atoms with Crippen LogP contribution < -0.4 is 17.0 Å². The number of carbonyl (C=O) groups excluding carboxylic acids is 1. The number of nitrogens with two attached hydrogens (primary N) is 2. The number of nitrogens with one attached hydrogen (secondary N) is 1. The van der Waals surface area contributed by atoms with Gasteiger partial charge >= 0.3 is 5.97 Å². The van der Waals surface area contributed by atoms with Crippen LogP contribution in [0.4, 0.5) is 5.95 Å². The summed E-state index contributed by atoms with van der Waals surface area (Å²) < 4.78 is 11.9. The second-order valence-corrected chi connectivity index (χ2v) is 5.31. The van der Waals surface area contributed by atoms with Crippen molar-refractivity contribution in [3.05, 3.63) is 16.7 Å². The molecular formula is C13H23ClN6O5. The minimum absolute atomic E-state index is 0. The van der Waals surface area contributed by atoms with Gasteiger partial charge in [-0.1, -0.05) is 13.8 Å². The number of fused-ring (bicyclic) bond motifs is 1. The van der Waals surface area contributed by atoms with Gasteiger partial charge in [-0.3, -0.25) is 19.1 Å². The van der Waals surface area contributed by atoms with E-state index < -0.39 is 17.6 Å². The summed E-state index contributed by atoms with van der Waals surface area (Å²) in [5, 5.41) is 0. The molecule has 0 spiro atoms. The van der Waals surface area contributed by atoms with Crippen molar-refractivity contribution in [2.45, 2.75) is 26.6 Å². The number of rotatable bonds is 7. The second-order valence-electron chi connectivity index (χ2n) is 5.31. The van der Waals surface area contributed by atoms with Crippen molar-refractivity contribution in [2.75, 3.05) is 18.9 Å². The summed E-state index contributed by atoms with van der Waals surface area (Å²) in [5.41, 5.74) is 11.2. The molecule has 2 heterocycles. The zero-order valence-electron chi connectivity index (χ0n) is 13.9. The molecule has 0 bridgehead atoms. The molecule has 0 amide bonds.